The molecule has 0 fully saturated rings. The fourth-order valence-corrected chi connectivity index (χ4v) is 2.73. The van der Waals surface area contributed by atoms with Gasteiger partial charge in [0.15, 0.2) is 0 Å². The van der Waals surface area contributed by atoms with E-state index in [0.717, 1.165) is 25.5 Å². The highest BCUT2D eigenvalue weighted by Crippen LogP contribution is 2.13. The molecule has 134 valence electrons. The summed E-state index contributed by atoms with van der Waals surface area (Å²) < 4.78 is 0. The third kappa shape index (κ3) is 17.1. The number of hydrogen-bond donors (Lipinski definition) is 1. The van der Waals surface area contributed by atoms with Crippen LogP contribution in [0.15, 0.2) is 12.2 Å². The minimum atomic E-state index is -0.322. The van der Waals surface area contributed by atoms with E-state index in [1.165, 1.54) is 57.8 Å². The number of nitrogens with two attached hydrogens (primary N) is 1. The van der Waals surface area contributed by atoms with Gasteiger partial charge in [-0.25, -0.2) is 0 Å². The topological polar surface area (TPSA) is 60.2 Å². The van der Waals surface area contributed by atoms with E-state index in [-0.39, 0.29) is 11.8 Å². The van der Waals surface area contributed by atoms with E-state index in [0.29, 0.717) is 12.8 Å². The van der Waals surface area contributed by atoms with Crippen molar-refractivity contribution in [3.63, 3.8) is 0 Å². The van der Waals surface area contributed by atoms with Crippen molar-refractivity contribution in [3.05, 3.63) is 12.2 Å². The molecular weight excluding hydrogens is 286 g/mol. The normalized spacial score (nSPS) is 12.6. The van der Waals surface area contributed by atoms with Crippen LogP contribution in [0.25, 0.3) is 0 Å². The smallest absolute Gasteiger partial charge is 0.217 e. The summed E-state index contributed by atoms with van der Waals surface area (Å²) in [5.41, 5.74) is 5.10. The summed E-state index contributed by atoms with van der Waals surface area (Å²) >= 11 is 0. The molecule has 0 aromatic heterocycles. The third-order valence-corrected chi connectivity index (χ3v) is 4.30. The van der Waals surface area contributed by atoms with Crippen LogP contribution < -0.4 is 5.73 Å². The number of carbonyl (C=O) groups is 2. The minimum Gasteiger partial charge on any atom is -0.370 e. The van der Waals surface area contributed by atoms with E-state index < -0.39 is 0 Å². The quantitative estimate of drug-likeness (QED) is 0.223. The van der Waals surface area contributed by atoms with Gasteiger partial charge in [0, 0.05) is 12.3 Å². The van der Waals surface area contributed by atoms with E-state index in [4.69, 9.17) is 5.73 Å². The van der Waals surface area contributed by atoms with Gasteiger partial charge in [-0.05, 0) is 32.1 Å². The fraction of sp³-hybridized carbons (Fsp3) is 0.800. The molecule has 0 radical (unpaired) electrons. The maximum Gasteiger partial charge on any atom is 0.217 e. The maximum atomic E-state index is 10.9. The van der Waals surface area contributed by atoms with E-state index in [2.05, 4.69) is 19.1 Å². The molecule has 0 bridgehead atoms. The number of amides is 1. The Balaban J connectivity index is 3.36. The van der Waals surface area contributed by atoms with Crippen LogP contribution in [0.4, 0.5) is 0 Å². The molecule has 0 heterocycles. The van der Waals surface area contributed by atoms with Crippen molar-refractivity contribution >= 4 is 12.2 Å². The van der Waals surface area contributed by atoms with Crippen molar-refractivity contribution in [1.29, 1.82) is 0 Å². The Kier molecular flexibility index (Phi) is 16.4. The number of primary amides is 1. The largest absolute Gasteiger partial charge is 0.370 e. The van der Waals surface area contributed by atoms with Crippen molar-refractivity contribution in [2.45, 2.75) is 96.8 Å². The molecule has 0 aromatic rings. The number of rotatable bonds is 17. The first-order valence-corrected chi connectivity index (χ1v) is 9.59. The first-order chi connectivity index (χ1) is 11.2. The maximum absolute atomic E-state index is 10.9. The summed E-state index contributed by atoms with van der Waals surface area (Å²) in [6.07, 6.45) is 21.4. The van der Waals surface area contributed by atoms with Gasteiger partial charge in [-0.1, -0.05) is 70.4 Å². The first kappa shape index (κ1) is 21.9. The molecule has 23 heavy (non-hydrogen) atoms. The summed E-state index contributed by atoms with van der Waals surface area (Å²) in [5.74, 6) is -0.349. The van der Waals surface area contributed by atoms with Gasteiger partial charge in [-0.3, -0.25) is 4.79 Å². The third-order valence-electron chi connectivity index (χ3n) is 4.30. The van der Waals surface area contributed by atoms with Crippen LogP contribution in [-0.2, 0) is 9.59 Å². The molecule has 1 amide bonds. The monoisotopic (exact) mass is 323 g/mol. The molecule has 0 rings (SSSR count). The second kappa shape index (κ2) is 17.2. The molecule has 0 aliphatic carbocycles. The predicted molar refractivity (Wildman–Crippen MR) is 98.2 cm³/mol. The zero-order chi connectivity index (χ0) is 17.2. The summed E-state index contributed by atoms with van der Waals surface area (Å²) in [7, 11) is 0. The first-order valence-electron chi connectivity index (χ1n) is 9.59. The van der Waals surface area contributed by atoms with Gasteiger partial charge in [0.1, 0.15) is 6.29 Å². The molecule has 0 aliphatic rings. The number of hydrogen-bond acceptors (Lipinski definition) is 2. The van der Waals surface area contributed by atoms with Crippen molar-refractivity contribution in [2.75, 3.05) is 0 Å². The Labute approximate surface area is 143 Å². The molecule has 0 saturated carbocycles. The lowest BCUT2D eigenvalue weighted by Crippen LogP contribution is -2.13. The Morgan fingerprint density at radius 3 is 2.00 bits per heavy atom. The van der Waals surface area contributed by atoms with Gasteiger partial charge in [0.2, 0.25) is 5.91 Å². The van der Waals surface area contributed by atoms with Crippen LogP contribution in [-0.4, -0.2) is 12.2 Å². The van der Waals surface area contributed by atoms with E-state index in [1.807, 2.05) is 0 Å². The van der Waals surface area contributed by atoms with E-state index in [1.54, 1.807) is 0 Å². The SMILES string of the molecule is CCCCCCCCCCCC=CCCC(C=O)CCC(N)=O. The zero-order valence-electron chi connectivity index (χ0n) is 15.1. The number of aldehydes is 1. The second-order valence-corrected chi connectivity index (χ2v) is 6.57. The number of unbranched alkanes of at least 4 members (excludes halogenated alkanes) is 9. The Morgan fingerprint density at radius 2 is 1.43 bits per heavy atom. The summed E-state index contributed by atoms with van der Waals surface area (Å²) in [6.45, 7) is 2.26. The molecule has 3 heteroatoms. The molecule has 0 aliphatic heterocycles. The number of allylic oxidation sites excluding steroid dienone is 2. The fourth-order valence-electron chi connectivity index (χ4n) is 2.73. The van der Waals surface area contributed by atoms with Crippen LogP contribution in [0.5, 0.6) is 0 Å². The highest BCUT2D eigenvalue weighted by molar-refractivity contribution is 5.74. The average Bonchev–Trinajstić information content (AvgIpc) is 2.54. The van der Waals surface area contributed by atoms with Crippen LogP contribution in [0.2, 0.25) is 0 Å². The highest BCUT2D eigenvalue weighted by Gasteiger charge is 2.07. The van der Waals surface area contributed by atoms with Crippen molar-refractivity contribution < 1.29 is 9.59 Å². The van der Waals surface area contributed by atoms with Crippen LogP contribution in [0, 0.1) is 5.92 Å². The standard InChI is InChI=1S/C20H37NO2/c1-2-3-4-5-6-7-8-9-10-11-12-13-14-15-19(18-22)16-17-20(21)23/h12-13,18-19H,2-11,14-17H2,1H3,(H2,21,23). The molecule has 2 N–H and O–H groups in total. The van der Waals surface area contributed by atoms with Gasteiger partial charge >= 0.3 is 0 Å². The van der Waals surface area contributed by atoms with Gasteiger partial charge < -0.3 is 10.5 Å². The van der Waals surface area contributed by atoms with Crippen molar-refractivity contribution in [2.24, 2.45) is 11.7 Å². The molecule has 0 spiro atoms. The lowest BCUT2D eigenvalue weighted by Gasteiger charge is -2.06. The zero-order valence-corrected chi connectivity index (χ0v) is 15.1. The molecule has 1 unspecified atom stereocenters. The lowest BCUT2D eigenvalue weighted by molar-refractivity contribution is -0.118. The molecule has 0 aromatic carbocycles. The van der Waals surface area contributed by atoms with Crippen molar-refractivity contribution in [3.8, 4) is 0 Å². The van der Waals surface area contributed by atoms with Crippen LogP contribution >= 0.6 is 0 Å². The van der Waals surface area contributed by atoms with Gasteiger partial charge in [-0.15, -0.1) is 0 Å². The number of carbonyl (C=O) groups excluding carboxylic acids is 2. The Hall–Kier alpha value is -1.12. The van der Waals surface area contributed by atoms with E-state index in [9.17, 15) is 9.59 Å². The minimum absolute atomic E-state index is 0.0279. The summed E-state index contributed by atoms with van der Waals surface area (Å²) in [6, 6.07) is 0. The second-order valence-electron chi connectivity index (χ2n) is 6.57. The van der Waals surface area contributed by atoms with Gasteiger partial charge in [0.25, 0.3) is 0 Å². The molecule has 0 saturated heterocycles. The highest BCUT2D eigenvalue weighted by atomic mass is 16.1. The Bertz CT molecular complexity index is 313. The van der Waals surface area contributed by atoms with Crippen LogP contribution in [0.3, 0.4) is 0 Å². The summed E-state index contributed by atoms with van der Waals surface area (Å²) in [4.78, 5) is 21.6. The Morgan fingerprint density at radius 1 is 0.870 bits per heavy atom. The molecule has 1 atom stereocenters. The lowest BCUT2D eigenvalue weighted by atomic mass is 9.99. The summed E-state index contributed by atoms with van der Waals surface area (Å²) in [5, 5.41) is 0. The average molecular weight is 324 g/mol. The van der Waals surface area contributed by atoms with Gasteiger partial charge in [0.05, 0.1) is 0 Å². The van der Waals surface area contributed by atoms with Crippen molar-refractivity contribution in [1.82, 2.24) is 0 Å². The predicted octanol–water partition coefficient (Wildman–Crippen LogP) is 5.32. The van der Waals surface area contributed by atoms with Gasteiger partial charge in [-0.2, -0.15) is 0 Å². The molecular formula is C20H37NO2. The van der Waals surface area contributed by atoms with Crippen LogP contribution in [0.1, 0.15) is 96.8 Å². The van der Waals surface area contributed by atoms with E-state index >= 15 is 0 Å². The molecule has 3 nitrogen and oxygen atoms in total.